The fraction of sp³-hybridized carbons (Fsp3) is 0.714. The Labute approximate surface area is 66.0 Å². The first-order valence-corrected chi connectivity index (χ1v) is 3.82. The molecule has 4 heteroatoms. The molecule has 0 aliphatic rings. The van der Waals surface area contributed by atoms with Crippen molar-refractivity contribution in [2.24, 2.45) is 0 Å². The molecule has 0 aliphatic carbocycles. The van der Waals surface area contributed by atoms with Crippen LogP contribution in [-0.4, -0.2) is 16.7 Å². The molecule has 0 atom stereocenters. The first-order chi connectivity index (χ1) is 5.33. The zero-order chi connectivity index (χ0) is 8.10. The monoisotopic (exact) mass is 155 g/mol. The summed E-state index contributed by atoms with van der Waals surface area (Å²) in [6.07, 6.45) is 1.12. The van der Waals surface area contributed by atoms with Gasteiger partial charge in [0.05, 0.1) is 6.54 Å². The molecule has 0 bridgehead atoms. The van der Waals surface area contributed by atoms with Gasteiger partial charge in [-0.25, -0.2) is 0 Å². The molecule has 62 valence electrons. The van der Waals surface area contributed by atoms with Crippen molar-refractivity contribution in [1.29, 1.82) is 0 Å². The summed E-state index contributed by atoms with van der Waals surface area (Å²) in [5, 5.41) is 10.7. The molecule has 1 N–H and O–H groups in total. The molecule has 1 aromatic heterocycles. The van der Waals surface area contributed by atoms with E-state index in [1.54, 1.807) is 6.92 Å². The van der Waals surface area contributed by atoms with Crippen LogP contribution in [0.3, 0.4) is 0 Å². The summed E-state index contributed by atoms with van der Waals surface area (Å²) in [6, 6.07) is 0. The second-order valence-electron chi connectivity index (χ2n) is 2.39. The third kappa shape index (κ3) is 2.67. The zero-order valence-electron chi connectivity index (χ0n) is 6.92. The number of aryl methyl sites for hydroxylation is 1. The highest BCUT2D eigenvalue weighted by atomic mass is 16.4. The van der Waals surface area contributed by atoms with E-state index < -0.39 is 0 Å². The van der Waals surface area contributed by atoms with Crippen LogP contribution >= 0.6 is 0 Å². The van der Waals surface area contributed by atoms with Gasteiger partial charge in [-0.3, -0.25) is 0 Å². The predicted molar refractivity (Wildman–Crippen MR) is 41.0 cm³/mol. The lowest BCUT2D eigenvalue weighted by molar-refractivity contribution is 0.447. The number of aromatic nitrogens is 2. The molecule has 1 rings (SSSR count). The Kier molecular flexibility index (Phi) is 3.04. The summed E-state index contributed by atoms with van der Waals surface area (Å²) in [5.74, 6) is 1.29. The summed E-state index contributed by atoms with van der Waals surface area (Å²) >= 11 is 0. The number of hydrogen-bond donors (Lipinski definition) is 1. The summed E-state index contributed by atoms with van der Waals surface area (Å²) in [6.45, 7) is 5.57. The quantitative estimate of drug-likeness (QED) is 0.656. The van der Waals surface area contributed by atoms with Crippen molar-refractivity contribution in [3.63, 3.8) is 0 Å². The largest absolute Gasteiger partial charge is 0.424 e. The van der Waals surface area contributed by atoms with E-state index >= 15 is 0 Å². The van der Waals surface area contributed by atoms with Crippen molar-refractivity contribution in [3.05, 3.63) is 11.8 Å². The van der Waals surface area contributed by atoms with Crippen molar-refractivity contribution in [3.8, 4) is 0 Å². The maximum atomic E-state index is 5.15. The molecular weight excluding hydrogens is 142 g/mol. The van der Waals surface area contributed by atoms with Gasteiger partial charge in [-0.2, -0.15) is 0 Å². The van der Waals surface area contributed by atoms with Gasteiger partial charge in [0, 0.05) is 6.92 Å². The molecule has 1 aromatic rings. The molecule has 0 aromatic carbocycles. The van der Waals surface area contributed by atoms with Gasteiger partial charge in [-0.15, -0.1) is 10.2 Å². The van der Waals surface area contributed by atoms with Crippen molar-refractivity contribution in [1.82, 2.24) is 15.5 Å². The smallest absolute Gasteiger partial charge is 0.230 e. The molecule has 4 nitrogen and oxygen atoms in total. The van der Waals surface area contributed by atoms with Crippen molar-refractivity contribution < 1.29 is 4.42 Å². The molecule has 0 spiro atoms. The topological polar surface area (TPSA) is 51.0 Å². The van der Waals surface area contributed by atoms with E-state index in [0.717, 1.165) is 13.0 Å². The normalized spacial score (nSPS) is 10.4. The van der Waals surface area contributed by atoms with Crippen LogP contribution in [0.1, 0.15) is 25.1 Å². The van der Waals surface area contributed by atoms with E-state index in [0.29, 0.717) is 18.3 Å². The number of hydrogen-bond acceptors (Lipinski definition) is 4. The zero-order valence-corrected chi connectivity index (χ0v) is 6.92. The van der Waals surface area contributed by atoms with Crippen LogP contribution in [0, 0.1) is 6.92 Å². The Morgan fingerprint density at radius 2 is 2.27 bits per heavy atom. The molecule has 0 saturated heterocycles. The lowest BCUT2D eigenvalue weighted by atomic mass is 10.5. The predicted octanol–water partition coefficient (Wildman–Crippen LogP) is 0.878. The highest BCUT2D eigenvalue weighted by Gasteiger charge is 1.99. The van der Waals surface area contributed by atoms with Crippen molar-refractivity contribution in [2.75, 3.05) is 6.54 Å². The molecule has 0 aliphatic heterocycles. The van der Waals surface area contributed by atoms with Crippen LogP contribution in [0.25, 0.3) is 0 Å². The molecule has 0 radical (unpaired) electrons. The third-order valence-electron chi connectivity index (χ3n) is 1.27. The summed E-state index contributed by atoms with van der Waals surface area (Å²) < 4.78 is 5.15. The van der Waals surface area contributed by atoms with E-state index in [4.69, 9.17) is 4.42 Å². The van der Waals surface area contributed by atoms with Gasteiger partial charge in [-0.05, 0) is 13.0 Å². The first-order valence-electron chi connectivity index (χ1n) is 3.82. The minimum Gasteiger partial charge on any atom is -0.424 e. The van der Waals surface area contributed by atoms with Crippen LogP contribution in [-0.2, 0) is 6.54 Å². The van der Waals surface area contributed by atoms with Gasteiger partial charge in [0.2, 0.25) is 11.8 Å². The maximum absolute atomic E-state index is 5.15. The molecule has 0 unspecified atom stereocenters. The average Bonchev–Trinajstić information content (AvgIpc) is 2.37. The SMILES string of the molecule is CCCNCc1nnc(C)o1. The molecule has 11 heavy (non-hydrogen) atoms. The minimum atomic E-state index is 0.623. The van der Waals surface area contributed by atoms with Gasteiger partial charge in [0.1, 0.15) is 0 Å². The van der Waals surface area contributed by atoms with E-state index in [9.17, 15) is 0 Å². The fourth-order valence-electron chi connectivity index (χ4n) is 0.781. The lowest BCUT2D eigenvalue weighted by Crippen LogP contribution is -2.13. The summed E-state index contributed by atoms with van der Waals surface area (Å²) in [7, 11) is 0. The number of rotatable bonds is 4. The van der Waals surface area contributed by atoms with Crippen LogP contribution in [0.15, 0.2) is 4.42 Å². The molecule has 0 amide bonds. The minimum absolute atomic E-state index is 0.623. The van der Waals surface area contributed by atoms with Crippen LogP contribution < -0.4 is 5.32 Å². The Balaban J connectivity index is 2.27. The summed E-state index contributed by atoms with van der Waals surface area (Å²) in [4.78, 5) is 0. The van der Waals surface area contributed by atoms with Gasteiger partial charge in [-0.1, -0.05) is 6.92 Å². The molecular formula is C7H13N3O. The van der Waals surface area contributed by atoms with E-state index in [1.165, 1.54) is 0 Å². The van der Waals surface area contributed by atoms with Crippen LogP contribution in [0.4, 0.5) is 0 Å². The maximum Gasteiger partial charge on any atom is 0.230 e. The standard InChI is InChI=1S/C7H13N3O/c1-3-4-8-5-7-10-9-6(2)11-7/h8H,3-5H2,1-2H3. The third-order valence-corrected chi connectivity index (χ3v) is 1.27. The Bertz CT molecular complexity index is 209. The Morgan fingerprint density at radius 1 is 1.45 bits per heavy atom. The second kappa shape index (κ2) is 4.08. The Morgan fingerprint density at radius 3 is 2.82 bits per heavy atom. The summed E-state index contributed by atoms with van der Waals surface area (Å²) in [5.41, 5.74) is 0. The average molecular weight is 155 g/mol. The van der Waals surface area contributed by atoms with Crippen molar-refractivity contribution >= 4 is 0 Å². The van der Waals surface area contributed by atoms with Crippen molar-refractivity contribution in [2.45, 2.75) is 26.8 Å². The highest BCUT2D eigenvalue weighted by molar-refractivity contribution is 4.77. The van der Waals surface area contributed by atoms with Gasteiger partial charge in [0.15, 0.2) is 0 Å². The first kappa shape index (κ1) is 8.20. The molecule has 1 heterocycles. The molecule has 0 saturated carbocycles. The Hall–Kier alpha value is -0.900. The molecule has 0 fully saturated rings. The number of nitrogens with zero attached hydrogens (tertiary/aromatic N) is 2. The lowest BCUT2D eigenvalue weighted by Gasteiger charge is -1.95. The van der Waals surface area contributed by atoms with E-state index in [2.05, 4.69) is 22.4 Å². The van der Waals surface area contributed by atoms with Gasteiger partial charge in [0.25, 0.3) is 0 Å². The van der Waals surface area contributed by atoms with Gasteiger partial charge >= 0.3 is 0 Å². The van der Waals surface area contributed by atoms with E-state index in [1.807, 2.05) is 0 Å². The fourth-order valence-corrected chi connectivity index (χ4v) is 0.781. The van der Waals surface area contributed by atoms with Crippen LogP contribution in [0.2, 0.25) is 0 Å². The second-order valence-corrected chi connectivity index (χ2v) is 2.39. The number of nitrogens with one attached hydrogen (secondary N) is 1. The van der Waals surface area contributed by atoms with E-state index in [-0.39, 0.29) is 0 Å². The van der Waals surface area contributed by atoms with Crippen LogP contribution in [0.5, 0.6) is 0 Å². The highest BCUT2D eigenvalue weighted by Crippen LogP contribution is 1.95. The van der Waals surface area contributed by atoms with Gasteiger partial charge < -0.3 is 9.73 Å².